The number of nitrogens with zero attached hydrogens (tertiary/aromatic N) is 5. The van der Waals surface area contributed by atoms with Crippen molar-refractivity contribution in [1.82, 2.24) is 24.5 Å². The van der Waals surface area contributed by atoms with Gasteiger partial charge < -0.3 is 0 Å². The van der Waals surface area contributed by atoms with Gasteiger partial charge in [-0.25, -0.2) is 9.67 Å². The fraction of sp³-hybridized carbons (Fsp3) is 0.250. The minimum Gasteiger partial charge on any atom is -0.293 e. The molecule has 0 amide bonds. The van der Waals surface area contributed by atoms with E-state index in [1.165, 1.54) is 15.6 Å². The van der Waals surface area contributed by atoms with E-state index < -0.39 is 0 Å². The van der Waals surface area contributed by atoms with E-state index >= 15 is 0 Å². The predicted molar refractivity (Wildman–Crippen MR) is 50.8 cm³/mol. The molecule has 0 bridgehead atoms. The maximum absolute atomic E-state index is 11.7. The third kappa shape index (κ3) is 1.12. The van der Waals surface area contributed by atoms with Gasteiger partial charge in [0.25, 0.3) is 5.56 Å². The summed E-state index contributed by atoms with van der Waals surface area (Å²) in [6, 6.07) is 0. The number of hydrogen-bond donors (Lipinski definition) is 0. The number of allylic oxidation sites excluding steroid dienone is 1. The maximum Gasteiger partial charge on any atom is 0.283 e. The van der Waals surface area contributed by atoms with Crippen molar-refractivity contribution in [2.75, 3.05) is 0 Å². The molecule has 0 saturated carbocycles. The van der Waals surface area contributed by atoms with Gasteiger partial charge in [-0.05, 0) is 0 Å². The summed E-state index contributed by atoms with van der Waals surface area (Å²) in [4.78, 5) is 15.8. The van der Waals surface area contributed by atoms with Gasteiger partial charge in [-0.3, -0.25) is 9.36 Å². The van der Waals surface area contributed by atoms with Crippen molar-refractivity contribution < 1.29 is 0 Å². The predicted octanol–water partition coefficient (Wildman–Crippen LogP) is -0.289. The summed E-state index contributed by atoms with van der Waals surface area (Å²) in [5, 5.41) is 7.47. The average molecular weight is 191 g/mol. The molecule has 0 saturated heterocycles. The number of hydrogen-bond acceptors (Lipinski definition) is 4. The normalized spacial score (nSPS) is 10.6. The van der Waals surface area contributed by atoms with Crippen LogP contribution >= 0.6 is 0 Å². The van der Waals surface area contributed by atoms with Gasteiger partial charge in [0.2, 0.25) is 0 Å². The van der Waals surface area contributed by atoms with Crippen LogP contribution in [-0.2, 0) is 13.6 Å². The smallest absolute Gasteiger partial charge is 0.283 e. The van der Waals surface area contributed by atoms with Gasteiger partial charge in [-0.1, -0.05) is 11.3 Å². The van der Waals surface area contributed by atoms with E-state index in [1.807, 2.05) is 0 Å². The molecule has 0 aliphatic heterocycles. The first kappa shape index (κ1) is 8.61. The van der Waals surface area contributed by atoms with E-state index in [0.29, 0.717) is 12.2 Å². The van der Waals surface area contributed by atoms with Crippen molar-refractivity contribution in [3.8, 4) is 0 Å². The summed E-state index contributed by atoms with van der Waals surface area (Å²) in [5.41, 5.74) is 0.593. The van der Waals surface area contributed by atoms with Crippen LogP contribution in [0.2, 0.25) is 0 Å². The van der Waals surface area contributed by atoms with Crippen LogP contribution in [0.5, 0.6) is 0 Å². The minimum atomic E-state index is -0.192. The fourth-order valence-electron chi connectivity index (χ4n) is 1.22. The van der Waals surface area contributed by atoms with E-state index in [9.17, 15) is 4.79 Å². The Bertz CT molecular complexity index is 538. The first-order chi connectivity index (χ1) is 6.74. The third-order valence-corrected chi connectivity index (χ3v) is 1.91. The van der Waals surface area contributed by atoms with E-state index in [4.69, 9.17) is 0 Å². The largest absolute Gasteiger partial charge is 0.293 e. The first-order valence-electron chi connectivity index (χ1n) is 4.09. The Kier molecular flexibility index (Phi) is 1.88. The molecule has 6 heteroatoms. The molecule has 2 aromatic rings. The molecule has 0 atom stereocenters. The number of aryl methyl sites for hydroxylation is 1. The number of rotatable bonds is 2. The molecule has 0 spiro atoms. The molecular weight excluding hydrogens is 182 g/mol. The highest BCUT2D eigenvalue weighted by Gasteiger charge is 2.08. The average Bonchev–Trinajstić information content (AvgIpc) is 2.54. The van der Waals surface area contributed by atoms with Crippen molar-refractivity contribution in [3.63, 3.8) is 0 Å². The Balaban J connectivity index is 2.76. The van der Waals surface area contributed by atoms with Crippen LogP contribution in [0.1, 0.15) is 0 Å². The molecule has 0 unspecified atom stereocenters. The summed E-state index contributed by atoms with van der Waals surface area (Å²) in [6.07, 6.45) is 3.10. The molecule has 0 radical (unpaired) electrons. The molecule has 72 valence electrons. The SMILES string of the molecule is C=CCn1cnc2c(nnn2C)c1=O. The van der Waals surface area contributed by atoms with Gasteiger partial charge in [-0.2, -0.15) is 0 Å². The molecule has 14 heavy (non-hydrogen) atoms. The minimum absolute atomic E-state index is 0.192. The van der Waals surface area contributed by atoms with Crippen LogP contribution < -0.4 is 5.56 Å². The summed E-state index contributed by atoms with van der Waals surface area (Å²) >= 11 is 0. The Hall–Kier alpha value is -1.98. The van der Waals surface area contributed by atoms with Gasteiger partial charge >= 0.3 is 0 Å². The first-order valence-corrected chi connectivity index (χ1v) is 4.09. The molecule has 0 N–H and O–H groups in total. The van der Waals surface area contributed by atoms with Gasteiger partial charge in [0.1, 0.15) is 6.33 Å². The molecule has 2 aromatic heterocycles. The standard InChI is InChI=1S/C8H9N5O/c1-3-4-13-5-9-7-6(8(13)14)10-11-12(7)2/h3,5H,1,4H2,2H3. The second kappa shape index (κ2) is 3.06. The van der Waals surface area contributed by atoms with Gasteiger partial charge in [0, 0.05) is 13.6 Å². The summed E-state index contributed by atoms with van der Waals surface area (Å²) in [5.74, 6) is 0. The molecule has 2 rings (SSSR count). The van der Waals surface area contributed by atoms with Gasteiger partial charge in [0.05, 0.1) is 0 Å². The Morgan fingerprint density at radius 3 is 3.14 bits per heavy atom. The van der Waals surface area contributed by atoms with Crippen molar-refractivity contribution in [2.24, 2.45) is 7.05 Å². The maximum atomic E-state index is 11.7. The fourth-order valence-corrected chi connectivity index (χ4v) is 1.22. The zero-order valence-electron chi connectivity index (χ0n) is 7.71. The zero-order valence-corrected chi connectivity index (χ0v) is 7.71. The Morgan fingerprint density at radius 1 is 1.64 bits per heavy atom. The molecule has 2 heterocycles. The second-order valence-electron chi connectivity index (χ2n) is 2.88. The van der Waals surface area contributed by atoms with Crippen LogP contribution in [0.15, 0.2) is 23.8 Å². The Morgan fingerprint density at radius 2 is 2.43 bits per heavy atom. The highest BCUT2D eigenvalue weighted by Crippen LogP contribution is 1.98. The lowest BCUT2D eigenvalue weighted by molar-refractivity contribution is 0.727. The molecule has 0 aliphatic rings. The third-order valence-electron chi connectivity index (χ3n) is 1.91. The quantitative estimate of drug-likeness (QED) is 0.612. The lowest BCUT2D eigenvalue weighted by atomic mass is 10.5. The lowest BCUT2D eigenvalue weighted by Crippen LogP contribution is -2.20. The highest BCUT2D eigenvalue weighted by molar-refractivity contribution is 5.67. The summed E-state index contributed by atoms with van der Waals surface area (Å²) in [6.45, 7) is 3.98. The van der Waals surface area contributed by atoms with Crippen LogP contribution in [0.4, 0.5) is 0 Å². The monoisotopic (exact) mass is 191 g/mol. The van der Waals surface area contributed by atoms with E-state index in [2.05, 4.69) is 21.9 Å². The number of fused-ring (bicyclic) bond motifs is 1. The van der Waals surface area contributed by atoms with Crippen LogP contribution in [0, 0.1) is 0 Å². The lowest BCUT2D eigenvalue weighted by Gasteiger charge is -1.99. The van der Waals surface area contributed by atoms with Crippen LogP contribution in [0.3, 0.4) is 0 Å². The number of aromatic nitrogens is 5. The van der Waals surface area contributed by atoms with E-state index in [0.717, 1.165) is 0 Å². The Labute approximate surface area is 79.5 Å². The molecular formula is C8H9N5O. The molecule has 0 aliphatic carbocycles. The van der Waals surface area contributed by atoms with E-state index in [1.54, 1.807) is 13.1 Å². The summed E-state index contributed by atoms with van der Waals surface area (Å²) < 4.78 is 2.90. The topological polar surface area (TPSA) is 65.6 Å². The highest BCUT2D eigenvalue weighted by atomic mass is 16.1. The van der Waals surface area contributed by atoms with Crippen LogP contribution in [-0.4, -0.2) is 24.5 Å². The zero-order chi connectivity index (χ0) is 10.1. The molecule has 0 fully saturated rings. The summed E-state index contributed by atoms with van der Waals surface area (Å²) in [7, 11) is 1.69. The second-order valence-corrected chi connectivity index (χ2v) is 2.88. The van der Waals surface area contributed by atoms with Gasteiger partial charge in [-0.15, -0.1) is 11.7 Å². The van der Waals surface area contributed by atoms with Crippen LogP contribution in [0.25, 0.3) is 11.2 Å². The molecule has 0 aromatic carbocycles. The van der Waals surface area contributed by atoms with Crippen molar-refractivity contribution >= 4 is 11.2 Å². The molecule has 6 nitrogen and oxygen atoms in total. The van der Waals surface area contributed by atoms with Crippen molar-refractivity contribution in [2.45, 2.75) is 6.54 Å². The van der Waals surface area contributed by atoms with Crippen molar-refractivity contribution in [3.05, 3.63) is 29.3 Å². The van der Waals surface area contributed by atoms with Crippen molar-refractivity contribution in [1.29, 1.82) is 0 Å². The van der Waals surface area contributed by atoms with Gasteiger partial charge in [0.15, 0.2) is 11.2 Å². The van der Waals surface area contributed by atoms with E-state index in [-0.39, 0.29) is 11.1 Å².